The van der Waals surface area contributed by atoms with Gasteiger partial charge in [0.05, 0.1) is 19.1 Å². The molecular weight excluding hydrogens is 297 g/mol. The maximum absolute atomic E-state index is 12.8. The van der Waals surface area contributed by atoms with Gasteiger partial charge >= 0.3 is 0 Å². The Balaban J connectivity index is 2.34. The van der Waals surface area contributed by atoms with Gasteiger partial charge in [0.25, 0.3) is 0 Å². The third kappa shape index (κ3) is 3.43. The summed E-state index contributed by atoms with van der Waals surface area (Å²) in [5.41, 5.74) is 0.141. The van der Waals surface area contributed by atoms with Crippen LogP contribution in [0.1, 0.15) is 0 Å². The molecule has 0 radical (unpaired) electrons. The molecule has 21 heavy (non-hydrogen) atoms. The molecule has 112 valence electrons. The molecule has 2 aromatic rings. The van der Waals surface area contributed by atoms with Crippen LogP contribution in [0.25, 0.3) is 4.72 Å². The molecule has 0 aromatic heterocycles. The van der Waals surface area contributed by atoms with Crippen LogP contribution in [0.2, 0.25) is 0 Å². The number of hydrogen-bond donors (Lipinski definition) is 0. The van der Waals surface area contributed by atoms with E-state index >= 15 is 0 Å². The molecule has 0 aliphatic carbocycles. The number of methoxy groups -OCH3 is 2. The Morgan fingerprint density at radius 2 is 1.67 bits per heavy atom. The number of halogens is 1. The van der Waals surface area contributed by atoms with Crippen molar-refractivity contribution in [2.45, 2.75) is 4.90 Å². The average Bonchev–Trinajstić information content (AvgIpc) is 2.47. The Labute approximate surface area is 122 Å². The van der Waals surface area contributed by atoms with Gasteiger partial charge in [0.2, 0.25) is 0 Å². The molecule has 0 unspecified atom stereocenters. The minimum atomic E-state index is -3.94. The van der Waals surface area contributed by atoms with Gasteiger partial charge < -0.3 is 14.2 Å². The van der Waals surface area contributed by atoms with Gasteiger partial charge in [-0.1, -0.05) is 11.8 Å². The lowest BCUT2D eigenvalue weighted by atomic mass is 10.3. The van der Waals surface area contributed by atoms with Crippen molar-refractivity contribution in [3.05, 3.63) is 53.0 Å². The minimum Gasteiger partial charge on any atom is -0.570 e. The van der Waals surface area contributed by atoms with E-state index in [1.54, 1.807) is 6.07 Å². The third-order valence-electron chi connectivity index (χ3n) is 2.72. The van der Waals surface area contributed by atoms with Gasteiger partial charge in [-0.15, -0.1) is 0 Å². The van der Waals surface area contributed by atoms with Crippen molar-refractivity contribution in [3.8, 4) is 11.5 Å². The predicted molar refractivity (Wildman–Crippen MR) is 76.2 cm³/mol. The molecule has 5 nitrogen and oxygen atoms in total. The second-order valence-corrected chi connectivity index (χ2v) is 5.66. The molecule has 2 rings (SSSR count). The fourth-order valence-corrected chi connectivity index (χ4v) is 2.64. The van der Waals surface area contributed by atoms with E-state index in [1.165, 1.54) is 26.4 Å². The molecular formula is C14H13FNO4S-. The van der Waals surface area contributed by atoms with Crippen molar-refractivity contribution < 1.29 is 22.3 Å². The van der Waals surface area contributed by atoms with Crippen molar-refractivity contribution >= 4 is 15.7 Å². The van der Waals surface area contributed by atoms with E-state index in [0.717, 1.165) is 24.3 Å². The van der Waals surface area contributed by atoms with E-state index in [1.807, 2.05) is 0 Å². The largest absolute Gasteiger partial charge is 0.570 e. The molecule has 0 fully saturated rings. The van der Waals surface area contributed by atoms with E-state index < -0.39 is 15.8 Å². The lowest BCUT2D eigenvalue weighted by molar-refractivity contribution is 0.396. The first-order valence-corrected chi connectivity index (χ1v) is 7.36. The number of ether oxygens (including phenoxy) is 2. The fourth-order valence-electron chi connectivity index (χ4n) is 1.65. The van der Waals surface area contributed by atoms with Crippen molar-refractivity contribution in [2.24, 2.45) is 0 Å². The summed E-state index contributed by atoms with van der Waals surface area (Å²) in [6.45, 7) is 0. The van der Waals surface area contributed by atoms with Gasteiger partial charge in [-0.2, -0.15) is 0 Å². The molecule has 0 aliphatic heterocycles. The number of rotatable bonds is 5. The Morgan fingerprint density at radius 1 is 1.00 bits per heavy atom. The smallest absolute Gasteiger partial charge is 0.123 e. The second kappa shape index (κ2) is 6.01. The highest BCUT2D eigenvalue weighted by Gasteiger charge is 2.07. The van der Waals surface area contributed by atoms with Crippen LogP contribution >= 0.6 is 0 Å². The average molecular weight is 310 g/mol. The van der Waals surface area contributed by atoms with E-state index in [0.29, 0.717) is 5.75 Å². The van der Waals surface area contributed by atoms with E-state index in [9.17, 15) is 12.8 Å². The Morgan fingerprint density at radius 3 is 2.24 bits per heavy atom. The summed E-state index contributed by atoms with van der Waals surface area (Å²) in [5, 5.41) is 0. The normalized spacial score (nSPS) is 11.0. The standard InChI is InChI=1S/C14H13FNO4S/c1-19-11-5-8-13(14(9-11)20-2)16-21(17,18)12-6-3-10(15)4-7-12/h3-9H,1-2H3/q-1. The monoisotopic (exact) mass is 310 g/mol. The van der Waals surface area contributed by atoms with Crippen LogP contribution in [-0.4, -0.2) is 22.6 Å². The van der Waals surface area contributed by atoms with Gasteiger partial charge in [-0.25, -0.2) is 12.8 Å². The molecule has 0 spiro atoms. The lowest BCUT2D eigenvalue weighted by Crippen LogP contribution is -1.99. The second-order valence-electron chi connectivity index (χ2n) is 4.06. The van der Waals surface area contributed by atoms with Crippen LogP contribution in [0, 0.1) is 5.82 Å². The maximum atomic E-state index is 12.8. The highest BCUT2D eigenvalue weighted by molar-refractivity contribution is 7.94. The van der Waals surface area contributed by atoms with Crippen LogP contribution in [-0.2, 0) is 10.0 Å². The van der Waals surface area contributed by atoms with E-state index in [-0.39, 0.29) is 16.3 Å². The Bertz CT molecular complexity index is 729. The molecule has 2 aromatic carbocycles. The number of hydrogen-bond acceptors (Lipinski definition) is 4. The summed E-state index contributed by atoms with van der Waals surface area (Å²) in [5.74, 6) is 0.265. The third-order valence-corrected chi connectivity index (χ3v) is 4.02. The van der Waals surface area contributed by atoms with Crippen molar-refractivity contribution in [2.75, 3.05) is 14.2 Å². The number of nitrogens with zero attached hydrogens (tertiary/aromatic N) is 1. The minimum absolute atomic E-state index is 0.0956. The zero-order valence-corrected chi connectivity index (χ0v) is 12.2. The predicted octanol–water partition coefficient (Wildman–Crippen LogP) is 3.24. The molecule has 0 aliphatic rings. The van der Waals surface area contributed by atoms with Gasteiger partial charge in [-0.05, 0) is 30.3 Å². The fraction of sp³-hybridized carbons (Fsp3) is 0.143. The van der Waals surface area contributed by atoms with Gasteiger partial charge in [0.15, 0.2) is 0 Å². The topological polar surface area (TPSA) is 66.7 Å². The number of benzene rings is 2. The lowest BCUT2D eigenvalue weighted by Gasteiger charge is -2.24. The van der Waals surface area contributed by atoms with Crippen molar-refractivity contribution in [1.82, 2.24) is 0 Å². The van der Waals surface area contributed by atoms with E-state index in [2.05, 4.69) is 4.72 Å². The summed E-state index contributed by atoms with van der Waals surface area (Å²) >= 11 is 0. The molecule has 0 atom stereocenters. The molecule has 0 saturated carbocycles. The van der Waals surface area contributed by atoms with Crippen LogP contribution in [0.3, 0.4) is 0 Å². The molecule has 0 N–H and O–H groups in total. The van der Waals surface area contributed by atoms with Crippen LogP contribution in [0.4, 0.5) is 10.1 Å². The van der Waals surface area contributed by atoms with E-state index in [4.69, 9.17) is 9.47 Å². The summed E-state index contributed by atoms with van der Waals surface area (Å²) in [6.07, 6.45) is 0. The van der Waals surface area contributed by atoms with Crippen molar-refractivity contribution in [1.29, 1.82) is 0 Å². The first-order chi connectivity index (χ1) is 9.96. The van der Waals surface area contributed by atoms with Gasteiger partial charge in [0.1, 0.15) is 27.3 Å². The molecule has 0 amide bonds. The SMILES string of the molecule is COc1ccc([N-]S(=O)(=O)c2ccc(F)cc2)c(OC)c1. The van der Waals surface area contributed by atoms with Crippen molar-refractivity contribution in [3.63, 3.8) is 0 Å². The highest BCUT2D eigenvalue weighted by atomic mass is 32.2. The summed E-state index contributed by atoms with van der Waals surface area (Å²) in [4.78, 5) is -0.0956. The molecule has 7 heteroatoms. The van der Waals surface area contributed by atoms with Crippen LogP contribution in [0.5, 0.6) is 11.5 Å². The summed E-state index contributed by atoms with van der Waals surface area (Å²) < 4.78 is 51.0. The summed E-state index contributed by atoms with van der Waals surface area (Å²) in [7, 11) is -1.06. The van der Waals surface area contributed by atoms with Crippen LogP contribution < -0.4 is 9.47 Å². The molecule has 0 saturated heterocycles. The van der Waals surface area contributed by atoms with Gasteiger partial charge in [0, 0.05) is 6.07 Å². The molecule has 0 bridgehead atoms. The maximum Gasteiger partial charge on any atom is 0.123 e. The Hall–Kier alpha value is -2.28. The first kappa shape index (κ1) is 15.1. The first-order valence-electron chi connectivity index (χ1n) is 5.92. The quantitative estimate of drug-likeness (QED) is 0.850. The summed E-state index contributed by atoms with van der Waals surface area (Å²) in [6, 6.07) is 9.01. The highest BCUT2D eigenvalue weighted by Crippen LogP contribution is 2.38. The zero-order valence-electron chi connectivity index (χ0n) is 11.4. The van der Waals surface area contributed by atoms with Gasteiger partial charge in [-0.3, -0.25) is 0 Å². The van der Waals surface area contributed by atoms with Crippen LogP contribution in [0.15, 0.2) is 47.4 Å². The Kier molecular flexibility index (Phi) is 4.32. The number of sulfonamides is 1. The molecule has 0 heterocycles. The zero-order chi connectivity index (χ0) is 15.5.